The average molecular weight is 333 g/mol. The Balaban J connectivity index is 1.89. The minimum atomic E-state index is 0.0151. The van der Waals surface area contributed by atoms with Crippen LogP contribution >= 0.6 is 0 Å². The van der Waals surface area contributed by atoms with E-state index in [0.29, 0.717) is 5.56 Å². The van der Waals surface area contributed by atoms with Crippen LogP contribution in [0.1, 0.15) is 62.2 Å². The Bertz CT molecular complexity index is 505. The quantitative estimate of drug-likeness (QED) is 0.718. The number of ether oxygens (including phenoxy) is 1. The zero-order valence-corrected chi connectivity index (χ0v) is 15.5. The third-order valence-electron chi connectivity index (χ3n) is 5.34. The molecule has 0 heterocycles. The zero-order chi connectivity index (χ0) is 17.4. The molecule has 0 spiro atoms. The van der Waals surface area contributed by atoms with E-state index >= 15 is 0 Å². The molecule has 0 atom stereocenters. The summed E-state index contributed by atoms with van der Waals surface area (Å²) < 4.78 is 5.65. The Morgan fingerprint density at radius 2 is 1.83 bits per heavy atom. The molecule has 1 aliphatic rings. The molecule has 0 bridgehead atoms. The van der Waals surface area contributed by atoms with E-state index in [1.807, 2.05) is 24.3 Å². The van der Waals surface area contributed by atoms with Gasteiger partial charge < -0.3 is 15.0 Å². The Morgan fingerprint density at radius 3 is 2.42 bits per heavy atom. The lowest BCUT2D eigenvalue weighted by Crippen LogP contribution is -3.16. The highest BCUT2D eigenvalue weighted by Crippen LogP contribution is 2.25. The number of unbranched alkanes of at least 4 members (excludes halogenated alkanes) is 1. The SMILES string of the molecule is CCCCOc1ccc(C(=O)NCC2([NH+](C)C)CCCCC2)cc1. The molecule has 1 amide bonds. The van der Waals surface area contributed by atoms with E-state index in [4.69, 9.17) is 4.74 Å². The highest BCUT2D eigenvalue weighted by atomic mass is 16.5. The molecule has 1 saturated carbocycles. The number of amides is 1. The van der Waals surface area contributed by atoms with Gasteiger partial charge in [-0.05, 0) is 43.5 Å². The predicted octanol–water partition coefficient (Wildman–Crippen LogP) is 2.44. The monoisotopic (exact) mass is 333 g/mol. The Kier molecular flexibility index (Phi) is 7.10. The highest BCUT2D eigenvalue weighted by Gasteiger charge is 2.38. The van der Waals surface area contributed by atoms with Crippen LogP contribution in [-0.2, 0) is 0 Å². The van der Waals surface area contributed by atoms with Crippen molar-refractivity contribution in [2.45, 2.75) is 57.4 Å². The molecule has 1 aliphatic carbocycles. The summed E-state index contributed by atoms with van der Waals surface area (Å²) in [5, 5.41) is 3.16. The zero-order valence-electron chi connectivity index (χ0n) is 15.5. The van der Waals surface area contributed by atoms with Crippen LogP contribution in [0.5, 0.6) is 5.75 Å². The Labute approximate surface area is 146 Å². The van der Waals surface area contributed by atoms with Gasteiger partial charge in [0.1, 0.15) is 11.3 Å². The summed E-state index contributed by atoms with van der Waals surface area (Å²) in [4.78, 5) is 13.9. The van der Waals surface area contributed by atoms with Gasteiger partial charge >= 0.3 is 0 Å². The number of quaternary nitrogens is 1. The molecule has 1 aromatic carbocycles. The topological polar surface area (TPSA) is 42.8 Å². The standard InChI is InChI=1S/C20H32N2O2/c1-4-5-15-24-18-11-9-17(10-12-18)19(23)21-16-20(22(2)3)13-7-6-8-14-20/h9-12H,4-8,13-16H2,1-3H3,(H,21,23)/p+1. The first kappa shape index (κ1) is 18.8. The van der Waals surface area contributed by atoms with Crippen molar-refractivity contribution in [3.63, 3.8) is 0 Å². The van der Waals surface area contributed by atoms with Gasteiger partial charge in [-0.2, -0.15) is 0 Å². The number of carbonyl (C=O) groups excluding carboxylic acids is 1. The largest absolute Gasteiger partial charge is 0.494 e. The van der Waals surface area contributed by atoms with Crippen LogP contribution in [0.4, 0.5) is 0 Å². The summed E-state index contributed by atoms with van der Waals surface area (Å²) in [6, 6.07) is 7.48. The first-order chi connectivity index (χ1) is 11.6. The van der Waals surface area contributed by atoms with Gasteiger partial charge in [0.15, 0.2) is 0 Å². The van der Waals surface area contributed by atoms with Crippen molar-refractivity contribution in [1.29, 1.82) is 0 Å². The molecule has 4 nitrogen and oxygen atoms in total. The Morgan fingerprint density at radius 1 is 1.17 bits per heavy atom. The molecule has 4 heteroatoms. The van der Waals surface area contributed by atoms with Gasteiger partial charge in [0.05, 0.1) is 27.2 Å². The lowest BCUT2D eigenvalue weighted by molar-refractivity contribution is -0.916. The molecule has 0 unspecified atom stereocenters. The lowest BCUT2D eigenvalue weighted by atomic mass is 9.80. The molecule has 134 valence electrons. The highest BCUT2D eigenvalue weighted by molar-refractivity contribution is 5.94. The van der Waals surface area contributed by atoms with E-state index in [1.54, 1.807) is 0 Å². The number of likely N-dealkylation sites (N-methyl/N-ethyl adjacent to an activating group) is 1. The van der Waals surface area contributed by atoms with Crippen LogP contribution in [0.15, 0.2) is 24.3 Å². The maximum Gasteiger partial charge on any atom is 0.251 e. The summed E-state index contributed by atoms with van der Waals surface area (Å²) in [5.41, 5.74) is 0.898. The van der Waals surface area contributed by atoms with Crippen LogP contribution in [0.25, 0.3) is 0 Å². The first-order valence-corrected chi connectivity index (χ1v) is 9.39. The first-order valence-electron chi connectivity index (χ1n) is 9.39. The van der Waals surface area contributed by atoms with Crippen molar-refractivity contribution in [3.05, 3.63) is 29.8 Å². The van der Waals surface area contributed by atoms with Gasteiger partial charge in [0.2, 0.25) is 0 Å². The van der Waals surface area contributed by atoms with E-state index in [1.165, 1.54) is 37.0 Å². The van der Waals surface area contributed by atoms with Gasteiger partial charge in [-0.1, -0.05) is 19.8 Å². The average Bonchev–Trinajstić information content (AvgIpc) is 2.61. The molecule has 0 radical (unpaired) electrons. The fraction of sp³-hybridized carbons (Fsp3) is 0.650. The normalized spacial score (nSPS) is 16.8. The third-order valence-corrected chi connectivity index (χ3v) is 5.34. The second-order valence-corrected chi connectivity index (χ2v) is 7.25. The van der Waals surface area contributed by atoms with E-state index in [9.17, 15) is 4.79 Å². The van der Waals surface area contributed by atoms with Crippen LogP contribution < -0.4 is 15.0 Å². The Hall–Kier alpha value is -1.55. The van der Waals surface area contributed by atoms with Crippen molar-refractivity contribution in [3.8, 4) is 5.75 Å². The molecule has 0 aliphatic heterocycles. The minimum Gasteiger partial charge on any atom is -0.494 e. The van der Waals surface area contributed by atoms with Crippen LogP contribution in [-0.4, -0.2) is 38.7 Å². The molecule has 24 heavy (non-hydrogen) atoms. The van der Waals surface area contributed by atoms with Crippen LogP contribution in [0.2, 0.25) is 0 Å². The van der Waals surface area contributed by atoms with Gasteiger partial charge in [0, 0.05) is 18.4 Å². The van der Waals surface area contributed by atoms with Gasteiger partial charge in [-0.25, -0.2) is 0 Å². The number of benzene rings is 1. The number of nitrogens with one attached hydrogen (secondary N) is 2. The van der Waals surface area contributed by atoms with E-state index < -0.39 is 0 Å². The van der Waals surface area contributed by atoms with Crippen molar-refractivity contribution in [1.82, 2.24) is 5.32 Å². The van der Waals surface area contributed by atoms with Crippen molar-refractivity contribution < 1.29 is 14.4 Å². The second-order valence-electron chi connectivity index (χ2n) is 7.25. The number of hydrogen-bond acceptors (Lipinski definition) is 2. The predicted molar refractivity (Wildman–Crippen MR) is 97.8 cm³/mol. The van der Waals surface area contributed by atoms with Crippen LogP contribution in [0.3, 0.4) is 0 Å². The molecular weight excluding hydrogens is 300 g/mol. The van der Waals surface area contributed by atoms with Crippen molar-refractivity contribution in [2.24, 2.45) is 0 Å². The molecule has 0 saturated heterocycles. The number of rotatable bonds is 8. The van der Waals surface area contributed by atoms with E-state index in [2.05, 4.69) is 26.3 Å². The molecule has 1 aromatic rings. The molecule has 2 N–H and O–H groups in total. The smallest absolute Gasteiger partial charge is 0.251 e. The molecule has 2 rings (SSSR count). The van der Waals surface area contributed by atoms with Crippen molar-refractivity contribution in [2.75, 3.05) is 27.2 Å². The van der Waals surface area contributed by atoms with Crippen molar-refractivity contribution >= 4 is 5.91 Å². The number of hydrogen-bond donors (Lipinski definition) is 2. The maximum atomic E-state index is 12.5. The van der Waals surface area contributed by atoms with E-state index in [0.717, 1.165) is 31.7 Å². The van der Waals surface area contributed by atoms with Crippen LogP contribution in [0, 0.1) is 0 Å². The fourth-order valence-electron chi connectivity index (χ4n) is 3.47. The summed E-state index contributed by atoms with van der Waals surface area (Å²) in [6.45, 7) is 3.63. The van der Waals surface area contributed by atoms with Gasteiger partial charge in [-0.15, -0.1) is 0 Å². The summed E-state index contributed by atoms with van der Waals surface area (Å²) in [6.07, 6.45) is 8.42. The molecular formula is C20H33N2O2+. The summed E-state index contributed by atoms with van der Waals surface area (Å²) in [7, 11) is 4.42. The van der Waals surface area contributed by atoms with Gasteiger partial charge in [0.25, 0.3) is 5.91 Å². The van der Waals surface area contributed by atoms with E-state index in [-0.39, 0.29) is 11.4 Å². The number of carbonyl (C=O) groups is 1. The summed E-state index contributed by atoms with van der Waals surface area (Å²) >= 11 is 0. The second kappa shape index (κ2) is 9.07. The summed E-state index contributed by atoms with van der Waals surface area (Å²) in [5.74, 6) is 0.850. The third kappa shape index (κ3) is 4.97. The molecule has 0 aromatic heterocycles. The van der Waals surface area contributed by atoms with Gasteiger partial charge in [-0.3, -0.25) is 4.79 Å². The maximum absolute atomic E-state index is 12.5. The minimum absolute atomic E-state index is 0.0151. The molecule has 1 fully saturated rings. The lowest BCUT2D eigenvalue weighted by Gasteiger charge is -2.39. The fourth-order valence-corrected chi connectivity index (χ4v) is 3.47.